The first-order valence-corrected chi connectivity index (χ1v) is 10.9. The van der Waals surface area contributed by atoms with Crippen LogP contribution in [0.15, 0.2) is 47.4 Å². The van der Waals surface area contributed by atoms with E-state index in [4.69, 9.17) is 4.74 Å². The zero-order chi connectivity index (χ0) is 21.9. The Kier molecular flexibility index (Phi) is 6.25. The summed E-state index contributed by atoms with van der Waals surface area (Å²) in [5, 5.41) is 20.4. The molecule has 0 heterocycles. The van der Waals surface area contributed by atoms with Crippen LogP contribution in [0.3, 0.4) is 0 Å². The molecule has 1 saturated carbocycles. The molecule has 30 heavy (non-hydrogen) atoms. The Morgan fingerprint density at radius 3 is 2.40 bits per heavy atom. The molecule has 0 unspecified atom stereocenters. The zero-order valence-electron chi connectivity index (χ0n) is 16.4. The predicted octanol–water partition coefficient (Wildman–Crippen LogP) is 3.50. The Balaban J connectivity index is 1.94. The fourth-order valence-electron chi connectivity index (χ4n) is 3.40. The van der Waals surface area contributed by atoms with Crippen LogP contribution in [0.4, 0.5) is 11.4 Å². The van der Waals surface area contributed by atoms with Gasteiger partial charge in [0.15, 0.2) is 0 Å². The number of hydrogen-bond acceptors (Lipinski definition) is 6. The minimum Gasteiger partial charge on any atom is -0.490 e. The molecule has 9 nitrogen and oxygen atoms in total. The predicted molar refractivity (Wildman–Crippen MR) is 109 cm³/mol. The maximum atomic E-state index is 13.1. The van der Waals surface area contributed by atoms with E-state index in [1.807, 2.05) is 0 Å². The van der Waals surface area contributed by atoms with Crippen molar-refractivity contribution in [2.45, 2.75) is 43.6 Å². The molecule has 0 radical (unpaired) electrons. The van der Waals surface area contributed by atoms with Gasteiger partial charge in [0.2, 0.25) is 0 Å². The lowest BCUT2D eigenvalue weighted by Crippen LogP contribution is -2.35. The SMILES string of the molecule is Cc1ccc(S(=O)(=O)N(CC(=O)O)c2ccc(OC3CCCC3)cc2)cc1[N+](=O)[O-]. The van der Waals surface area contributed by atoms with Gasteiger partial charge in [0.1, 0.15) is 12.3 Å². The quantitative estimate of drug-likeness (QED) is 0.497. The molecule has 2 aromatic carbocycles. The van der Waals surface area contributed by atoms with Crippen molar-refractivity contribution < 1.29 is 28.0 Å². The molecule has 0 atom stereocenters. The molecule has 2 aromatic rings. The third kappa shape index (κ3) is 4.70. The number of anilines is 1. The first-order chi connectivity index (χ1) is 14.2. The fourth-order valence-corrected chi connectivity index (χ4v) is 4.84. The minimum atomic E-state index is -4.35. The van der Waals surface area contributed by atoms with Gasteiger partial charge >= 0.3 is 5.97 Å². The second-order valence-electron chi connectivity index (χ2n) is 7.13. The van der Waals surface area contributed by atoms with E-state index in [2.05, 4.69) is 0 Å². The van der Waals surface area contributed by atoms with Crippen LogP contribution >= 0.6 is 0 Å². The summed E-state index contributed by atoms with van der Waals surface area (Å²) in [5.41, 5.74) is 0.0724. The van der Waals surface area contributed by atoms with Crippen LogP contribution < -0.4 is 9.04 Å². The topological polar surface area (TPSA) is 127 Å². The molecular formula is C20H22N2O7S. The molecule has 0 spiro atoms. The van der Waals surface area contributed by atoms with E-state index in [0.29, 0.717) is 15.6 Å². The molecular weight excluding hydrogens is 412 g/mol. The monoisotopic (exact) mass is 434 g/mol. The smallest absolute Gasteiger partial charge is 0.324 e. The number of carboxylic acids is 1. The molecule has 0 saturated heterocycles. The maximum Gasteiger partial charge on any atom is 0.324 e. The van der Waals surface area contributed by atoms with E-state index < -0.39 is 27.5 Å². The number of sulfonamides is 1. The number of aryl methyl sites for hydroxylation is 1. The molecule has 10 heteroatoms. The summed E-state index contributed by atoms with van der Waals surface area (Å²) in [4.78, 5) is 21.5. The summed E-state index contributed by atoms with van der Waals surface area (Å²) in [6.45, 7) is 0.666. The van der Waals surface area contributed by atoms with Crippen molar-refractivity contribution >= 4 is 27.4 Å². The van der Waals surface area contributed by atoms with Crippen LogP contribution in [0.1, 0.15) is 31.2 Å². The van der Waals surface area contributed by atoms with Crippen LogP contribution in [0.2, 0.25) is 0 Å². The number of nitro groups is 1. The number of benzene rings is 2. The van der Waals surface area contributed by atoms with Crippen LogP contribution in [-0.4, -0.2) is 37.1 Å². The summed E-state index contributed by atoms with van der Waals surface area (Å²) < 4.78 is 32.8. The number of nitro benzene ring substituents is 1. The zero-order valence-corrected chi connectivity index (χ0v) is 17.2. The molecule has 0 aromatic heterocycles. The standard InChI is InChI=1S/C20H22N2O7S/c1-14-6-11-18(12-19(14)22(25)26)30(27,28)21(13-20(23)24)15-7-9-17(10-8-15)29-16-4-2-3-5-16/h6-12,16H,2-5,13H2,1H3,(H,23,24). The summed E-state index contributed by atoms with van der Waals surface area (Å²) in [6.07, 6.45) is 4.27. The molecule has 0 amide bonds. The van der Waals surface area contributed by atoms with E-state index in [1.54, 1.807) is 12.1 Å². The van der Waals surface area contributed by atoms with Gasteiger partial charge in [-0.1, -0.05) is 6.07 Å². The number of hydrogen-bond donors (Lipinski definition) is 1. The third-order valence-corrected chi connectivity index (χ3v) is 6.74. The molecule has 160 valence electrons. The molecule has 1 N–H and O–H groups in total. The van der Waals surface area contributed by atoms with E-state index >= 15 is 0 Å². The summed E-state index contributed by atoms with van der Waals surface area (Å²) >= 11 is 0. The minimum absolute atomic E-state index is 0.124. The summed E-state index contributed by atoms with van der Waals surface area (Å²) in [5.74, 6) is -0.782. The Bertz CT molecular complexity index is 1050. The molecule has 0 bridgehead atoms. The Hall–Kier alpha value is -3.14. The summed E-state index contributed by atoms with van der Waals surface area (Å²) in [7, 11) is -4.35. The second-order valence-corrected chi connectivity index (χ2v) is 8.99. The number of rotatable bonds is 8. The van der Waals surface area contributed by atoms with Crippen molar-refractivity contribution in [1.29, 1.82) is 0 Å². The highest BCUT2D eigenvalue weighted by Gasteiger charge is 2.29. The van der Waals surface area contributed by atoms with E-state index in [9.17, 15) is 28.4 Å². The average molecular weight is 434 g/mol. The van der Waals surface area contributed by atoms with Crippen molar-refractivity contribution in [3.05, 3.63) is 58.1 Å². The Morgan fingerprint density at radius 1 is 1.20 bits per heavy atom. The van der Waals surface area contributed by atoms with Gasteiger partial charge < -0.3 is 9.84 Å². The number of carboxylic acid groups (broad SMARTS) is 1. The number of nitrogens with zero attached hydrogens (tertiary/aromatic N) is 2. The fraction of sp³-hybridized carbons (Fsp3) is 0.350. The molecule has 1 aliphatic carbocycles. The molecule has 3 rings (SSSR count). The van der Waals surface area contributed by atoms with Crippen LogP contribution in [0.5, 0.6) is 5.75 Å². The Morgan fingerprint density at radius 2 is 1.83 bits per heavy atom. The number of aliphatic carboxylic acids is 1. The van der Waals surface area contributed by atoms with Gasteiger partial charge in [-0.2, -0.15) is 0 Å². The first kappa shape index (κ1) is 21.6. The summed E-state index contributed by atoms with van der Waals surface area (Å²) in [6, 6.07) is 9.61. The first-order valence-electron chi connectivity index (χ1n) is 9.45. The van der Waals surface area contributed by atoms with Gasteiger partial charge in [0.25, 0.3) is 15.7 Å². The molecule has 1 aliphatic rings. The molecule has 0 aliphatic heterocycles. The van der Waals surface area contributed by atoms with E-state index in [-0.39, 0.29) is 22.4 Å². The lowest BCUT2D eigenvalue weighted by molar-refractivity contribution is -0.385. The van der Waals surface area contributed by atoms with Crippen LogP contribution in [-0.2, 0) is 14.8 Å². The van der Waals surface area contributed by atoms with Crippen molar-refractivity contribution in [3.8, 4) is 5.75 Å². The largest absolute Gasteiger partial charge is 0.490 e. The van der Waals surface area contributed by atoms with Crippen molar-refractivity contribution in [2.75, 3.05) is 10.8 Å². The van der Waals surface area contributed by atoms with Gasteiger partial charge in [0, 0.05) is 11.6 Å². The molecule has 1 fully saturated rings. The van der Waals surface area contributed by atoms with Crippen LogP contribution in [0.25, 0.3) is 0 Å². The van der Waals surface area contributed by atoms with Crippen molar-refractivity contribution in [2.24, 2.45) is 0 Å². The van der Waals surface area contributed by atoms with Gasteiger partial charge in [-0.25, -0.2) is 8.42 Å². The highest BCUT2D eigenvalue weighted by atomic mass is 32.2. The van der Waals surface area contributed by atoms with Crippen LogP contribution in [0, 0.1) is 17.0 Å². The number of carbonyl (C=O) groups is 1. The highest BCUT2D eigenvalue weighted by Crippen LogP contribution is 2.30. The lowest BCUT2D eigenvalue weighted by atomic mass is 10.2. The lowest BCUT2D eigenvalue weighted by Gasteiger charge is -2.23. The van der Waals surface area contributed by atoms with Gasteiger partial charge in [0.05, 0.1) is 21.6 Å². The Labute approximate surface area is 174 Å². The maximum absolute atomic E-state index is 13.1. The highest BCUT2D eigenvalue weighted by molar-refractivity contribution is 7.92. The van der Waals surface area contributed by atoms with Gasteiger partial charge in [-0.05, 0) is 62.9 Å². The van der Waals surface area contributed by atoms with E-state index in [0.717, 1.165) is 31.7 Å². The average Bonchev–Trinajstić information content (AvgIpc) is 3.19. The second kappa shape index (κ2) is 8.70. The van der Waals surface area contributed by atoms with Gasteiger partial charge in [-0.15, -0.1) is 0 Å². The third-order valence-electron chi connectivity index (χ3n) is 4.97. The van der Waals surface area contributed by atoms with Crippen molar-refractivity contribution in [3.63, 3.8) is 0 Å². The van der Waals surface area contributed by atoms with E-state index in [1.165, 1.54) is 31.2 Å². The number of ether oxygens (including phenoxy) is 1. The van der Waals surface area contributed by atoms with Crippen molar-refractivity contribution in [1.82, 2.24) is 0 Å². The normalized spacial score (nSPS) is 14.4. The van der Waals surface area contributed by atoms with Gasteiger partial charge in [-0.3, -0.25) is 19.2 Å².